The van der Waals surface area contributed by atoms with Crippen LogP contribution in [-0.2, 0) is 13.1 Å². The van der Waals surface area contributed by atoms with Gasteiger partial charge in [-0.05, 0) is 265 Å². The Morgan fingerprint density at radius 3 is 0.637 bits per heavy atom. The molecule has 12 nitrogen and oxygen atoms in total. The molecule has 18 heteroatoms. The number of fused-ring (bicyclic) bond motifs is 6. The number of nitrogens with zero attached hydrogens (tertiary/aromatic N) is 10. The zero-order chi connectivity index (χ0) is 83.6. The van der Waals surface area contributed by atoms with Crippen molar-refractivity contribution < 1.29 is 10.2 Å². The van der Waals surface area contributed by atoms with Crippen LogP contribution in [0.15, 0.2) is 472 Å². The number of benzene rings is 16. The van der Waals surface area contributed by atoms with Gasteiger partial charge in [-0.1, -0.05) is 215 Å². The number of rotatable bonds is 33. The summed E-state index contributed by atoms with van der Waals surface area (Å²) in [5, 5.41) is 56.2. The Morgan fingerprint density at radius 1 is 0.234 bits per heavy atom. The molecule has 0 spiro atoms. The molecule has 0 amide bonds. The molecule has 0 aliphatic heterocycles. The smallest absolute Gasteiger partial charge is 0.0813 e. The van der Waals surface area contributed by atoms with Crippen LogP contribution in [0, 0.1) is 0 Å². The van der Waals surface area contributed by atoms with Crippen molar-refractivity contribution >= 4 is 183 Å². The molecule has 0 radical (unpaired) electrons. The van der Waals surface area contributed by atoms with Crippen molar-refractivity contribution in [2.24, 2.45) is 20.4 Å². The molecular weight excluding hydrogens is 1640 g/mol. The molecule has 2 atom stereocenters. The van der Waals surface area contributed by atoms with Gasteiger partial charge in [0.2, 0.25) is 0 Å². The van der Waals surface area contributed by atoms with E-state index in [4.69, 9.17) is 20.4 Å². The number of para-hydroxylation sites is 8. The Hall–Kier alpha value is -13.0. The van der Waals surface area contributed by atoms with Crippen LogP contribution in [0.25, 0.3) is 43.6 Å². The van der Waals surface area contributed by atoms with Crippen LogP contribution < -0.4 is 20.0 Å². The number of hydrogen-bond donors (Lipinski definition) is 2. The molecule has 2 unspecified atom stereocenters. The first-order valence-corrected chi connectivity index (χ1v) is 46.6. The fraction of sp³-hybridized carbons (Fsp3) is 0.0566. The lowest BCUT2D eigenvalue weighted by molar-refractivity contribution is 0.181. The molecule has 18 rings (SSSR count). The molecule has 2 heterocycles. The lowest BCUT2D eigenvalue weighted by Gasteiger charge is -2.19. The highest BCUT2D eigenvalue weighted by molar-refractivity contribution is 8.76. The fourth-order valence-corrected chi connectivity index (χ4v) is 20.0. The summed E-state index contributed by atoms with van der Waals surface area (Å²) >= 11 is 6.82. The summed E-state index contributed by atoms with van der Waals surface area (Å²) in [6, 6.07) is 142. The molecule has 2 N–H and O–H groups in total. The van der Waals surface area contributed by atoms with Gasteiger partial charge in [-0.15, -0.1) is 23.5 Å². The number of aliphatic hydroxyl groups is 2. The van der Waals surface area contributed by atoms with E-state index in [1.54, 1.807) is 68.6 Å². The highest BCUT2D eigenvalue weighted by atomic mass is 33.1. The van der Waals surface area contributed by atoms with Crippen LogP contribution in [0.4, 0.5) is 45.5 Å². The maximum absolute atomic E-state index is 11.9. The van der Waals surface area contributed by atoms with Crippen molar-refractivity contribution in [1.82, 2.24) is 9.13 Å². The molecule has 0 saturated carbocycles. The van der Waals surface area contributed by atoms with Crippen LogP contribution >= 0.6 is 68.6 Å². The maximum atomic E-state index is 11.9. The second kappa shape index (κ2) is 39.9. The van der Waals surface area contributed by atoms with Crippen molar-refractivity contribution in [2.45, 2.75) is 64.5 Å². The summed E-state index contributed by atoms with van der Waals surface area (Å²) in [7, 11) is 3.51. The van der Waals surface area contributed by atoms with Crippen LogP contribution in [0.5, 0.6) is 0 Å². The highest BCUT2D eigenvalue weighted by Gasteiger charge is 2.21. The molecule has 606 valence electrons. The third kappa shape index (κ3) is 20.4. The third-order valence-corrected chi connectivity index (χ3v) is 27.6. The van der Waals surface area contributed by atoms with Crippen LogP contribution in [0.3, 0.4) is 0 Å². The summed E-state index contributed by atoms with van der Waals surface area (Å²) in [5.41, 5.74) is 15.6. The van der Waals surface area contributed by atoms with Crippen molar-refractivity contribution in [2.75, 3.05) is 31.5 Å². The molecule has 0 aliphatic rings. The Morgan fingerprint density at radius 2 is 0.427 bits per heavy atom. The molecule has 0 fully saturated rings. The molecule has 16 aromatic carbocycles. The number of aliphatic hydroxyl groups excluding tert-OH is 2. The van der Waals surface area contributed by atoms with Gasteiger partial charge in [0.25, 0.3) is 0 Å². The first-order chi connectivity index (χ1) is 61.2. The molecule has 18 aromatic rings. The predicted molar refractivity (Wildman–Crippen MR) is 529 cm³/mol. The SMILES string of the molecule is OC(CSc1ccc(Sc2ccc(SSc3ccc(Sc4ccc(SCC(O)Cn5c6ccc(/C=N/N(c7ccccc7)c7ccccc7)cc6c6cc(/C=N/N(c7ccccc7)c7ccccc7)ccc65)cc4)cc3)cc2)cc1)Cn1c2ccc(/C=N/N(c3ccccc3)c3ccccc3)cc2c2cc(/C=N/N(c3ccccc3)c3ccccc3)ccc21. The van der Waals surface area contributed by atoms with E-state index < -0.39 is 12.2 Å². The van der Waals surface area contributed by atoms with Gasteiger partial charge in [-0.3, -0.25) is 0 Å². The largest absolute Gasteiger partial charge is 0.390 e. The zero-order valence-corrected chi connectivity index (χ0v) is 72.3. The van der Waals surface area contributed by atoms with Gasteiger partial charge in [0.05, 0.1) is 82.6 Å². The van der Waals surface area contributed by atoms with Gasteiger partial charge in [0, 0.05) is 107 Å². The summed E-state index contributed by atoms with van der Waals surface area (Å²) < 4.78 is 4.51. The van der Waals surface area contributed by atoms with Gasteiger partial charge in [0.1, 0.15) is 0 Å². The average Bonchev–Trinajstić information content (AvgIpc) is 1.60. The normalized spacial score (nSPS) is 12.2. The molecular formula is C106H84N10O2S6. The Balaban J connectivity index is 0.481. The molecule has 2 aromatic heterocycles. The van der Waals surface area contributed by atoms with Crippen LogP contribution in [0.2, 0.25) is 0 Å². The maximum Gasteiger partial charge on any atom is 0.0813 e. The van der Waals surface area contributed by atoms with E-state index in [1.165, 1.54) is 19.6 Å². The lowest BCUT2D eigenvalue weighted by Crippen LogP contribution is -2.18. The van der Waals surface area contributed by atoms with Gasteiger partial charge >= 0.3 is 0 Å². The number of thioether (sulfide) groups is 2. The Kier molecular flexibility index (Phi) is 26.4. The van der Waals surface area contributed by atoms with E-state index in [2.05, 4.69) is 276 Å². The topological polar surface area (TPSA) is 113 Å². The number of hydrazone groups is 4. The van der Waals surface area contributed by atoms with E-state index in [1.807, 2.05) is 190 Å². The van der Waals surface area contributed by atoms with Gasteiger partial charge in [-0.25, -0.2) is 20.0 Å². The number of aromatic nitrogens is 2. The Bertz CT molecular complexity index is 5840. The van der Waals surface area contributed by atoms with Gasteiger partial charge in [-0.2, -0.15) is 20.4 Å². The van der Waals surface area contributed by atoms with E-state index >= 15 is 0 Å². The van der Waals surface area contributed by atoms with E-state index in [-0.39, 0.29) is 0 Å². The van der Waals surface area contributed by atoms with Crippen molar-refractivity contribution in [3.05, 3.63) is 435 Å². The Labute approximate surface area is 747 Å². The van der Waals surface area contributed by atoms with Crippen molar-refractivity contribution in [1.29, 1.82) is 0 Å². The van der Waals surface area contributed by atoms with Crippen molar-refractivity contribution in [3.8, 4) is 0 Å². The molecule has 0 bridgehead atoms. The number of anilines is 8. The summed E-state index contributed by atoms with van der Waals surface area (Å²) in [4.78, 5) is 9.21. The minimum Gasteiger partial charge on any atom is -0.390 e. The first kappa shape index (κ1) is 82.0. The summed E-state index contributed by atoms with van der Waals surface area (Å²) in [6.45, 7) is 0.819. The fourth-order valence-electron chi connectivity index (χ4n) is 14.8. The highest BCUT2D eigenvalue weighted by Crippen LogP contribution is 2.42. The van der Waals surface area contributed by atoms with Gasteiger partial charge < -0.3 is 19.3 Å². The second-order valence-electron chi connectivity index (χ2n) is 29.4. The lowest BCUT2D eigenvalue weighted by atomic mass is 10.1. The molecule has 0 aliphatic carbocycles. The van der Waals surface area contributed by atoms with Crippen LogP contribution in [-0.4, -0.2) is 67.9 Å². The van der Waals surface area contributed by atoms with Crippen LogP contribution in [0.1, 0.15) is 22.3 Å². The van der Waals surface area contributed by atoms with E-state index in [9.17, 15) is 10.2 Å². The summed E-state index contributed by atoms with van der Waals surface area (Å²) in [5.74, 6) is 1.04. The first-order valence-electron chi connectivity index (χ1n) is 40.9. The summed E-state index contributed by atoms with van der Waals surface area (Å²) in [6.07, 6.45) is 6.41. The quantitative estimate of drug-likeness (QED) is 0.0177. The second-order valence-corrected chi connectivity index (χ2v) is 36.2. The van der Waals surface area contributed by atoms with E-state index in [0.29, 0.717) is 24.6 Å². The van der Waals surface area contributed by atoms with Crippen molar-refractivity contribution in [3.63, 3.8) is 0 Å². The number of hydrogen-bond acceptors (Lipinski definition) is 16. The molecule has 0 saturated heterocycles. The minimum absolute atomic E-state index is 0.410. The van der Waals surface area contributed by atoms with Gasteiger partial charge in [0.15, 0.2) is 0 Å². The average molecular weight is 1720 g/mol. The standard InChI is InChI=1S/C106H84N10O2S6/c117-89(73-111-103-61-41-77(69-107-113(81-25-9-1-10-26-81)82-27-11-2-12-28-82)65-99(103)100-66-78(42-62-104(100)111)70-108-114(83-29-13-3-14-30-83)84-31-15-4-16-32-84)75-119-91-45-49-93(50-46-91)121-95-53-57-97(58-54-95)123-124-98-59-55-96(56-60-98)122-94-51-47-92(48-52-94)120-76-90(118)74-112-105-63-43-79(71-109-115(85-33-17-5-18-34-85)86-35-19-6-20-36-86)67-101(105)102-68-80(44-64-106(102)112)72-110-116(87-37-21-7-22-38-87)88-39-23-8-24-40-88/h1-72,89-90,117-118H,73-76H2/b107-69+,108-70+,109-71+,110-72+. The predicted octanol–water partition coefficient (Wildman–Crippen LogP) is 28.0. The molecule has 124 heavy (non-hydrogen) atoms. The third-order valence-electron chi connectivity index (χ3n) is 20.8. The van der Waals surface area contributed by atoms with E-state index in [0.717, 1.165) is 131 Å². The zero-order valence-electron chi connectivity index (χ0n) is 67.4. The minimum atomic E-state index is -0.638. The monoisotopic (exact) mass is 1720 g/mol.